The molecule has 0 aliphatic heterocycles. The van der Waals surface area contributed by atoms with Crippen LogP contribution < -0.4 is 15.8 Å². The Morgan fingerprint density at radius 1 is 1.29 bits per heavy atom. The molecule has 0 saturated carbocycles. The minimum Gasteiger partial charge on any atom is -0.491 e. The third-order valence-electron chi connectivity index (χ3n) is 2.99. The van der Waals surface area contributed by atoms with E-state index >= 15 is 0 Å². The van der Waals surface area contributed by atoms with E-state index in [0.717, 1.165) is 17.7 Å². The maximum absolute atomic E-state index is 13.1. The highest BCUT2D eigenvalue weighted by molar-refractivity contribution is 6.30. The minimum atomic E-state index is -0.421. The Kier molecular flexibility index (Phi) is 5.28. The van der Waals surface area contributed by atoms with Gasteiger partial charge in [0.1, 0.15) is 11.6 Å². The van der Waals surface area contributed by atoms with Gasteiger partial charge in [0.25, 0.3) is 0 Å². The van der Waals surface area contributed by atoms with Crippen LogP contribution in [0.5, 0.6) is 5.75 Å². The van der Waals surface area contributed by atoms with Crippen molar-refractivity contribution < 1.29 is 9.13 Å². The van der Waals surface area contributed by atoms with Crippen molar-refractivity contribution in [2.45, 2.75) is 19.9 Å². The van der Waals surface area contributed by atoms with Crippen LogP contribution in [-0.4, -0.2) is 6.61 Å². The van der Waals surface area contributed by atoms with E-state index in [-0.39, 0.29) is 5.02 Å². The first-order valence-corrected chi connectivity index (χ1v) is 7.18. The molecule has 2 aromatic carbocycles. The highest BCUT2D eigenvalue weighted by Crippen LogP contribution is 2.30. The second-order valence-electron chi connectivity index (χ2n) is 4.67. The Labute approximate surface area is 128 Å². The van der Waals surface area contributed by atoms with Crippen LogP contribution in [0.4, 0.5) is 15.8 Å². The van der Waals surface area contributed by atoms with Crippen LogP contribution >= 0.6 is 11.6 Å². The van der Waals surface area contributed by atoms with Crippen LogP contribution in [0.2, 0.25) is 5.02 Å². The minimum absolute atomic E-state index is 0.113. The number of anilines is 2. The molecule has 21 heavy (non-hydrogen) atoms. The topological polar surface area (TPSA) is 47.3 Å². The second kappa shape index (κ2) is 7.18. The Hall–Kier alpha value is -1.94. The lowest BCUT2D eigenvalue weighted by atomic mass is 10.2. The van der Waals surface area contributed by atoms with E-state index in [0.29, 0.717) is 24.6 Å². The maximum Gasteiger partial charge on any atom is 0.144 e. The van der Waals surface area contributed by atoms with Gasteiger partial charge in [-0.25, -0.2) is 4.39 Å². The zero-order chi connectivity index (χ0) is 15.2. The van der Waals surface area contributed by atoms with Crippen molar-refractivity contribution in [2.24, 2.45) is 0 Å². The van der Waals surface area contributed by atoms with Crippen molar-refractivity contribution in [3.8, 4) is 5.75 Å². The standard InChI is InChI=1S/C16H18ClFN2O/c1-2-8-21-15-5-3-4-14(16(15)19)20-10-11-6-7-13(18)12(17)9-11/h3-7,9,20H,2,8,10,19H2,1H3. The van der Waals surface area contributed by atoms with Crippen LogP contribution in [-0.2, 0) is 6.54 Å². The molecule has 5 heteroatoms. The van der Waals surface area contributed by atoms with Crippen LogP contribution in [0.1, 0.15) is 18.9 Å². The average molecular weight is 309 g/mol. The lowest BCUT2D eigenvalue weighted by molar-refractivity contribution is 0.319. The SMILES string of the molecule is CCCOc1cccc(NCc2ccc(F)c(Cl)c2)c1N. The Bertz CT molecular complexity index is 619. The fourth-order valence-electron chi connectivity index (χ4n) is 1.88. The number of benzene rings is 2. The molecule has 0 bridgehead atoms. The fraction of sp³-hybridized carbons (Fsp3) is 0.250. The van der Waals surface area contributed by atoms with Gasteiger partial charge in [-0.15, -0.1) is 0 Å². The van der Waals surface area contributed by atoms with Crippen LogP contribution in [0.15, 0.2) is 36.4 Å². The van der Waals surface area contributed by atoms with Crippen LogP contribution in [0.3, 0.4) is 0 Å². The van der Waals surface area contributed by atoms with Gasteiger partial charge >= 0.3 is 0 Å². The van der Waals surface area contributed by atoms with E-state index in [1.807, 2.05) is 25.1 Å². The molecule has 3 nitrogen and oxygen atoms in total. The maximum atomic E-state index is 13.1. The average Bonchev–Trinajstić information content (AvgIpc) is 2.48. The number of nitrogens with one attached hydrogen (secondary N) is 1. The summed E-state index contributed by atoms with van der Waals surface area (Å²) in [6, 6.07) is 10.2. The molecule has 0 unspecified atom stereocenters. The quantitative estimate of drug-likeness (QED) is 0.774. The summed E-state index contributed by atoms with van der Waals surface area (Å²) in [6.07, 6.45) is 0.922. The molecule has 112 valence electrons. The van der Waals surface area contributed by atoms with Crippen LogP contribution in [0.25, 0.3) is 0 Å². The summed E-state index contributed by atoms with van der Waals surface area (Å²) >= 11 is 5.76. The van der Waals surface area contributed by atoms with E-state index in [1.165, 1.54) is 6.07 Å². The molecular weight excluding hydrogens is 291 g/mol. The molecule has 0 saturated heterocycles. The van der Waals surface area contributed by atoms with Gasteiger partial charge in [-0.2, -0.15) is 0 Å². The second-order valence-corrected chi connectivity index (χ2v) is 5.08. The fourth-order valence-corrected chi connectivity index (χ4v) is 2.09. The number of hydrogen-bond donors (Lipinski definition) is 2. The number of nitrogens with two attached hydrogens (primary N) is 1. The van der Waals surface area contributed by atoms with Crippen molar-refractivity contribution in [3.05, 3.63) is 52.8 Å². The first-order valence-electron chi connectivity index (χ1n) is 6.81. The monoisotopic (exact) mass is 308 g/mol. The van der Waals surface area contributed by atoms with Gasteiger partial charge in [0.2, 0.25) is 0 Å². The number of hydrogen-bond acceptors (Lipinski definition) is 3. The Balaban J connectivity index is 2.07. The first kappa shape index (κ1) is 15.4. The van der Waals surface area contributed by atoms with Crippen molar-refractivity contribution >= 4 is 23.0 Å². The van der Waals surface area contributed by atoms with Gasteiger partial charge in [-0.3, -0.25) is 0 Å². The molecule has 0 radical (unpaired) electrons. The third-order valence-corrected chi connectivity index (χ3v) is 3.28. The third kappa shape index (κ3) is 4.02. The molecule has 0 aliphatic rings. The predicted octanol–water partition coefficient (Wildman–Crippen LogP) is 4.46. The summed E-state index contributed by atoms with van der Waals surface area (Å²) in [5.74, 6) is 0.244. The van der Waals surface area contributed by atoms with Gasteiger partial charge in [0.15, 0.2) is 0 Å². The molecule has 0 amide bonds. The van der Waals surface area contributed by atoms with E-state index < -0.39 is 5.82 Å². The van der Waals surface area contributed by atoms with Crippen molar-refractivity contribution in [2.75, 3.05) is 17.7 Å². The number of nitrogen functional groups attached to an aromatic ring is 1. The number of para-hydroxylation sites is 1. The highest BCUT2D eigenvalue weighted by Gasteiger charge is 2.06. The normalized spacial score (nSPS) is 10.4. The zero-order valence-electron chi connectivity index (χ0n) is 11.8. The lowest BCUT2D eigenvalue weighted by Crippen LogP contribution is -2.05. The van der Waals surface area contributed by atoms with Gasteiger partial charge in [0, 0.05) is 6.54 Å². The molecule has 0 spiro atoms. The number of halogens is 2. The molecule has 0 aromatic heterocycles. The van der Waals surface area contributed by atoms with E-state index in [9.17, 15) is 4.39 Å². The largest absolute Gasteiger partial charge is 0.491 e. The smallest absolute Gasteiger partial charge is 0.144 e. The van der Waals surface area contributed by atoms with Gasteiger partial charge in [0.05, 0.1) is 23.0 Å². The molecule has 0 fully saturated rings. The van der Waals surface area contributed by atoms with Gasteiger partial charge < -0.3 is 15.8 Å². The summed E-state index contributed by atoms with van der Waals surface area (Å²) in [5.41, 5.74) is 8.29. The Morgan fingerprint density at radius 3 is 2.81 bits per heavy atom. The molecule has 2 rings (SSSR count). The summed E-state index contributed by atoms with van der Waals surface area (Å²) in [7, 11) is 0. The van der Waals surface area contributed by atoms with E-state index in [1.54, 1.807) is 12.1 Å². The van der Waals surface area contributed by atoms with Gasteiger partial charge in [-0.05, 0) is 36.2 Å². The molecule has 0 aliphatic carbocycles. The zero-order valence-corrected chi connectivity index (χ0v) is 12.6. The molecular formula is C16H18ClFN2O. The summed E-state index contributed by atoms with van der Waals surface area (Å²) in [6.45, 7) is 3.17. The molecule has 2 aromatic rings. The number of rotatable bonds is 6. The summed E-state index contributed by atoms with van der Waals surface area (Å²) < 4.78 is 18.7. The number of ether oxygens (including phenoxy) is 1. The highest BCUT2D eigenvalue weighted by atomic mass is 35.5. The van der Waals surface area contributed by atoms with Gasteiger partial charge in [-0.1, -0.05) is 30.7 Å². The molecule has 0 heterocycles. The van der Waals surface area contributed by atoms with Crippen molar-refractivity contribution in [1.29, 1.82) is 0 Å². The van der Waals surface area contributed by atoms with E-state index in [4.69, 9.17) is 22.1 Å². The summed E-state index contributed by atoms with van der Waals surface area (Å²) in [5, 5.41) is 3.32. The predicted molar refractivity (Wildman–Crippen MR) is 85.4 cm³/mol. The van der Waals surface area contributed by atoms with Crippen LogP contribution in [0, 0.1) is 5.82 Å². The summed E-state index contributed by atoms with van der Waals surface area (Å²) in [4.78, 5) is 0. The van der Waals surface area contributed by atoms with E-state index in [2.05, 4.69) is 5.32 Å². The van der Waals surface area contributed by atoms with Crippen molar-refractivity contribution in [1.82, 2.24) is 0 Å². The lowest BCUT2D eigenvalue weighted by Gasteiger charge is -2.13. The Morgan fingerprint density at radius 2 is 2.10 bits per heavy atom. The molecule has 0 atom stereocenters. The first-order chi connectivity index (χ1) is 10.1. The van der Waals surface area contributed by atoms with Crippen molar-refractivity contribution in [3.63, 3.8) is 0 Å². The molecule has 3 N–H and O–H groups in total.